The van der Waals surface area contributed by atoms with Crippen LogP contribution in [0.5, 0.6) is 0 Å². The van der Waals surface area contributed by atoms with E-state index in [1.165, 1.54) is 12.1 Å². The second-order valence-corrected chi connectivity index (χ2v) is 7.93. The monoisotopic (exact) mass is 386 g/mol. The number of likely N-dealkylation sites (tertiary alicyclic amines) is 1. The maximum Gasteiger partial charge on any atom is 0.227 e. The van der Waals surface area contributed by atoms with Gasteiger partial charge in [0.25, 0.3) is 0 Å². The van der Waals surface area contributed by atoms with Crippen LogP contribution in [0, 0.1) is 5.82 Å². The first-order chi connectivity index (χ1) is 13.1. The number of halogens is 2. The average molecular weight is 387 g/mol. The van der Waals surface area contributed by atoms with Crippen LogP contribution in [0.3, 0.4) is 0 Å². The van der Waals surface area contributed by atoms with E-state index in [1.807, 2.05) is 23.1 Å². The summed E-state index contributed by atoms with van der Waals surface area (Å²) >= 11 is 6.22. The molecule has 0 unspecified atom stereocenters. The summed E-state index contributed by atoms with van der Waals surface area (Å²) in [6.07, 6.45) is 1.23. The van der Waals surface area contributed by atoms with Crippen LogP contribution in [0.25, 0.3) is 0 Å². The molecule has 2 aromatic rings. The summed E-state index contributed by atoms with van der Waals surface area (Å²) in [4.78, 5) is 17.1. The molecule has 0 bridgehead atoms. The Labute approximate surface area is 162 Å². The predicted molar refractivity (Wildman–Crippen MR) is 99.6 cm³/mol. The molecule has 0 N–H and O–H groups in total. The average Bonchev–Trinajstić information content (AvgIpc) is 3.28. The lowest BCUT2D eigenvalue weighted by Gasteiger charge is -2.33. The van der Waals surface area contributed by atoms with Gasteiger partial charge in [-0.2, -0.15) is 0 Å². The minimum Gasteiger partial charge on any atom is -0.351 e. The molecule has 1 amide bonds. The maximum absolute atomic E-state index is 13.3. The Hall–Kier alpha value is -1.95. The first kappa shape index (κ1) is 17.2. The lowest BCUT2D eigenvalue weighted by atomic mass is 10.0. The van der Waals surface area contributed by atoms with E-state index in [-0.39, 0.29) is 23.8 Å². The Morgan fingerprint density at radius 1 is 1.22 bits per heavy atom. The highest BCUT2D eigenvalue weighted by Gasteiger charge is 2.64. The number of carbonyl (C=O) groups is 1. The fourth-order valence-electron chi connectivity index (χ4n) is 4.91. The van der Waals surface area contributed by atoms with Crippen molar-refractivity contribution in [2.45, 2.75) is 37.2 Å². The Morgan fingerprint density at radius 2 is 2.04 bits per heavy atom. The van der Waals surface area contributed by atoms with E-state index in [0.717, 1.165) is 24.1 Å². The number of benzene rings is 2. The molecule has 0 saturated carbocycles. The van der Waals surface area contributed by atoms with Crippen LogP contribution >= 0.6 is 11.6 Å². The van der Waals surface area contributed by atoms with Gasteiger partial charge in [0, 0.05) is 31.0 Å². The third-order valence-electron chi connectivity index (χ3n) is 6.14. The van der Waals surface area contributed by atoms with Crippen molar-refractivity contribution in [3.05, 3.63) is 70.5 Å². The zero-order chi connectivity index (χ0) is 18.6. The molecule has 5 rings (SSSR count). The standard InChI is InChI=1S/C21H20ClFN2O2/c22-17-10-16(23)7-6-15(17)12-24-9-8-21-19(24)11-20(26)25(21)18(13-27-21)14-4-2-1-3-5-14/h1-7,10,18-19H,8-9,11-13H2/t18-,19+,21-/m0/s1. The van der Waals surface area contributed by atoms with Crippen molar-refractivity contribution in [1.82, 2.24) is 9.80 Å². The first-order valence-electron chi connectivity index (χ1n) is 9.27. The van der Waals surface area contributed by atoms with Crippen LogP contribution in [0.15, 0.2) is 48.5 Å². The second kappa shape index (κ2) is 6.30. The van der Waals surface area contributed by atoms with Gasteiger partial charge in [-0.1, -0.05) is 48.0 Å². The van der Waals surface area contributed by atoms with Gasteiger partial charge in [0.1, 0.15) is 5.82 Å². The summed E-state index contributed by atoms with van der Waals surface area (Å²) in [6.45, 7) is 1.94. The highest BCUT2D eigenvalue weighted by molar-refractivity contribution is 6.31. The number of rotatable bonds is 3. The quantitative estimate of drug-likeness (QED) is 0.805. The molecule has 140 valence electrons. The van der Waals surface area contributed by atoms with Crippen LogP contribution in [0.2, 0.25) is 5.02 Å². The summed E-state index contributed by atoms with van der Waals surface area (Å²) in [5.41, 5.74) is 1.44. The van der Waals surface area contributed by atoms with Gasteiger partial charge < -0.3 is 9.64 Å². The highest BCUT2D eigenvalue weighted by atomic mass is 35.5. The van der Waals surface area contributed by atoms with Crippen molar-refractivity contribution in [1.29, 1.82) is 0 Å². The van der Waals surface area contributed by atoms with Crippen LogP contribution in [-0.4, -0.2) is 40.6 Å². The molecule has 1 spiro atoms. The zero-order valence-electron chi connectivity index (χ0n) is 14.8. The summed E-state index contributed by atoms with van der Waals surface area (Å²) < 4.78 is 19.7. The summed E-state index contributed by atoms with van der Waals surface area (Å²) in [5, 5.41) is 0.423. The number of nitrogens with zero attached hydrogens (tertiary/aromatic N) is 2. The van der Waals surface area contributed by atoms with Gasteiger partial charge in [-0.15, -0.1) is 0 Å². The van der Waals surface area contributed by atoms with E-state index in [0.29, 0.717) is 24.6 Å². The zero-order valence-corrected chi connectivity index (χ0v) is 15.5. The molecule has 3 heterocycles. The van der Waals surface area contributed by atoms with Gasteiger partial charge >= 0.3 is 0 Å². The van der Waals surface area contributed by atoms with Crippen LogP contribution in [-0.2, 0) is 16.1 Å². The molecule has 3 atom stereocenters. The van der Waals surface area contributed by atoms with Gasteiger partial charge in [-0.3, -0.25) is 9.69 Å². The van der Waals surface area contributed by atoms with Crippen molar-refractivity contribution in [3.8, 4) is 0 Å². The predicted octanol–water partition coefficient (Wildman–Crippen LogP) is 3.75. The molecule has 0 radical (unpaired) electrons. The van der Waals surface area contributed by atoms with Crippen molar-refractivity contribution in [2.24, 2.45) is 0 Å². The molecule has 4 nitrogen and oxygen atoms in total. The SMILES string of the molecule is O=C1C[C@H]2N(Cc3ccc(F)cc3Cl)CC[C@]23OC[C@@H](c2ccccc2)N13. The molecule has 3 aliphatic heterocycles. The number of hydrogen-bond donors (Lipinski definition) is 0. The van der Waals surface area contributed by atoms with E-state index in [4.69, 9.17) is 16.3 Å². The minimum absolute atomic E-state index is 0.000156. The van der Waals surface area contributed by atoms with Crippen LogP contribution in [0.4, 0.5) is 4.39 Å². The van der Waals surface area contributed by atoms with Crippen molar-refractivity contribution in [2.75, 3.05) is 13.2 Å². The first-order valence-corrected chi connectivity index (χ1v) is 9.65. The molecule has 3 fully saturated rings. The number of ether oxygens (including phenoxy) is 1. The second-order valence-electron chi connectivity index (χ2n) is 7.52. The molecular weight excluding hydrogens is 367 g/mol. The van der Waals surface area contributed by atoms with Gasteiger partial charge in [0.05, 0.1) is 18.7 Å². The molecule has 3 saturated heterocycles. The minimum atomic E-state index is -0.551. The van der Waals surface area contributed by atoms with Crippen molar-refractivity contribution < 1.29 is 13.9 Å². The van der Waals surface area contributed by atoms with Gasteiger partial charge in [0.2, 0.25) is 5.91 Å². The topological polar surface area (TPSA) is 32.8 Å². The molecule has 2 aromatic carbocycles. The smallest absolute Gasteiger partial charge is 0.227 e. The number of hydrogen-bond acceptors (Lipinski definition) is 3. The third-order valence-corrected chi connectivity index (χ3v) is 6.49. The van der Waals surface area contributed by atoms with E-state index in [9.17, 15) is 9.18 Å². The lowest BCUT2D eigenvalue weighted by molar-refractivity contribution is -0.138. The van der Waals surface area contributed by atoms with E-state index in [2.05, 4.69) is 17.0 Å². The largest absolute Gasteiger partial charge is 0.351 e. The van der Waals surface area contributed by atoms with Crippen molar-refractivity contribution in [3.63, 3.8) is 0 Å². The molecule has 0 aliphatic carbocycles. The number of carbonyl (C=O) groups excluding carboxylic acids is 1. The summed E-state index contributed by atoms with van der Waals surface area (Å²) in [6, 6.07) is 14.5. The fraction of sp³-hybridized carbons (Fsp3) is 0.381. The maximum atomic E-state index is 13.3. The van der Waals surface area contributed by atoms with Crippen LogP contribution < -0.4 is 0 Å². The number of amides is 1. The van der Waals surface area contributed by atoms with Gasteiger partial charge in [-0.05, 0) is 23.3 Å². The Bertz CT molecular complexity index is 893. The third kappa shape index (κ3) is 2.60. The lowest BCUT2D eigenvalue weighted by Crippen LogP contribution is -2.48. The molecule has 6 heteroatoms. The van der Waals surface area contributed by atoms with Gasteiger partial charge in [-0.25, -0.2) is 4.39 Å². The highest BCUT2D eigenvalue weighted by Crippen LogP contribution is 2.51. The fourth-order valence-corrected chi connectivity index (χ4v) is 5.13. The molecule has 0 aromatic heterocycles. The molecular formula is C21H20ClFN2O2. The van der Waals surface area contributed by atoms with Crippen molar-refractivity contribution >= 4 is 17.5 Å². The summed E-state index contributed by atoms with van der Waals surface area (Å²) in [5.74, 6) is -0.199. The summed E-state index contributed by atoms with van der Waals surface area (Å²) in [7, 11) is 0. The van der Waals surface area contributed by atoms with E-state index in [1.54, 1.807) is 6.07 Å². The van der Waals surface area contributed by atoms with Gasteiger partial charge in [0.15, 0.2) is 5.72 Å². The Balaban J connectivity index is 1.42. The Morgan fingerprint density at radius 3 is 2.81 bits per heavy atom. The van der Waals surface area contributed by atoms with Crippen LogP contribution in [0.1, 0.15) is 30.0 Å². The molecule has 27 heavy (non-hydrogen) atoms. The molecule has 3 aliphatic rings. The normalized spacial score (nSPS) is 30.0. The Kier molecular flexibility index (Phi) is 4.00. The van der Waals surface area contributed by atoms with E-state index < -0.39 is 5.72 Å². The van der Waals surface area contributed by atoms with E-state index >= 15 is 0 Å².